The third-order valence-electron chi connectivity index (χ3n) is 5.79. The standard InChI is InChI=1S/C27H30N2O3/c1-19(2)21-9-12-26-25(14-21)22(18-32-26)15-27(30)29(17-24-6-5-13-31-24)16-20-7-10-23(11-8-20)28(3)4/h5-14,18-19H,15-17H2,1-4H3. The molecule has 0 aliphatic carbocycles. The highest BCUT2D eigenvalue weighted by atomic mass is 16.3. The van der Waals surface area contributed by atoms with E-state index >= 15 is 0 Å². The first kappa shape index (κ1) is 21.8. The minimum atomic E-state index is 0.0377. The monoisotopic (exact) mass is 430 g/mol. The summed E-state index contributed by atoms with van der Waals surface area (Å²) in [6, 6.07) is 18.2. The fourth-order valence-electron chi connectivity index (χ4n) is 3.81. The molecule has 0 saturated heterocycles. The minimum Gasteiger partial charge on any atom is -0.467 e. The zero-order valence-electron chi connectivity index (χ0n) is 19.2. The van der Waals surface area contributed by atoms with Gasteiger partial charge < -0.3 is 18.6 Å². The number of carbonyl (C=O) groups is 1. The quantitative estimate of drug-likeness (QED) is 0.345. The van der Waals surface area contributed by atoms with Gasteiger partial charge in [0.25, 0.3) is 0 Å². The van der Waals surface area contributed by atoms with Gasteiger partial charge in [0.1, 0.15) is 11.3 Å². The van der Waals surface area contributed by atoms with E-state index in [1.807, 2.05) is 37.2 Å². The Morgan fingerprint density at radius 1 is 0.969 bits per heavy atom. The van der Waals surface area contributed by atoms with Gasteiger partial charge >= 0.3 is 0 Å². The Morgan fingerprint density at radius 3 is 2.41 bits per heavy atom. The molecule has 0 atom stereocenters. The van der Waals surface area contributed by atoms with Crippen LogP contribution < -0.4 is 4.90 Å². The van der Waals surface area contributed by atoms with E-state index in [9.17, 15) is 4.79 Å². The smallest absolute Gasteiger partial charge is 0.227 e. The first-order valence-electron chi connectivity index (χ1n) is 11.0. The molecule has 0 unspecified atom stereocenters. The first-order valence-corrected chi connectivity index (χ1v) is 11.0. The maximum absolute atomic E-state index is 13.4. The molecule has 0 spiro atoms. The van der Waals surface area contributed by atoms with E-state index in [-0.39, 0.29) is 12.3 Å². The van der Waals surface area contributed by atoms with E-state index in [2.05, 4.69) is 55.1 Å². The van der Waals surface area contributed by atoms with Gasteiger partial charge in [0, 0.05) is 37.3 Å². The molecule has 2 heterocycles. The maximum Gasteiger partial charge on any atom is 0.227 e. The van der Waals surface area contributed by atoms with Crippen LogP contribution in [0.3, 0.4) is 0 Å². The molecular formula is C27H30N2O3. The molecule has 4 rings (SSSR count). The molecule has 4 aromatic rings. The van der Waals surface area contributed by atoms with Crippen LogP contribution in [0.15, 0.2) is 76.0 Å². The molecule has 0 bridgehead atoms. The Bertz CT molecular complexity index is 1170. The summed E-state index contributed by atoms with van der Waals surface area (Å²) >= 11 is 0. The van der Waals surface area contributed by atoms with Gasteiger partial charge in [-0.2, -0.15) is 0 Å². The van der Waals surface area contributed by atoms with Crippen molar-refractivity contribution in [2.75, 3.05) is 19.0 Å². The zero-order chi connectivity index (χ0) is 22.7. The van der Waals surface area contributed by atoms with Gasteiger partial charge in [-0.05, 0) is 53.4 Å². The van der Waals surface area contributed by atoms with Gasteiger partial charge in [0.05, 0.1) is 25.5 Å². The molecule has 0 N–H and O–H groups in total. The molecule has 32 heavy (non-hydrogen) atoms. The highest BCUT2D eigenvalue weighted by molar-refractivity contribution is 5.88. The van der Waals surface area contributed by atoms with Crippen molar-refractivity contribution in [3.8, 4) is 0 Å². The number of anilines is 1. The Kier molecular flexibility index (Phi) is 6.35. The van der Waals surface area contributed by atoms with Crippen LogP contribution in [0.4, 0.5) is 5.69 Å². The second kappa shape index (κ2) is 9.35. The van der Waals surface area contributed by atoms with Crippen molar-refractivity contribution in [1.29, 1.82) is 0 Å². The predicted octanol–water partition coefficient (Wildman–Crippen LogP) is 5.99. The third kappa shape index (κ3) is 4.88. The summed E-state index contributed by atoms with van der Waals surface area (Å²) in [6.07, 6.45) is 3.63. The van der Waals surface area contributed by atoms with E-state index in [1.165, 1.54) is 5.56 Å². The number of hydrogen-bond acceptors (Lipinski definition) is 4. The Hall–Kier alpha value is -3.47. The van der Waals surface area contributed by atoms with Crippen LogP contribution in [0.2, 0.25) is 0 Å². The van der Waals surface area contributed by atoms with Crippen LogP contribution >= 0.6 is 0 Å². The van der Waals surface area contributed by atoms with Crippen LogP contribution in [0.1, 0.15) is 42.2 Å². The second-order valence-corrected chi connectivity index (χ2v) is 8.74. The third-order valence-corrected chi connectivity index (χ3v) is 5.79. The Balaban J connectivity index is 1.57. The van der Waals surface area contributed by atoms with Gasteiger partial charge in [-0.25, -0.2) is 0 Å². The Labute approximate surface area is 189 Å². The van der Waals surface area contributed by atoms with Crippen molar-refractivity contribution in [3.63, 3.8) is 0 Å². The average molecular weight is 431 g/mol. The van der Waals surface area contributed by atoms with Gasteiger partial charge in [-0.3, -0.25) is 4.79 Å². The normalized spacial score (nSPS) is 11.3. The summed E-state index contributed by atoms with van der Waals surface area (Å²) in [5.41, 5.74) is 5.17. The van der Waals surface area contributed by atoms with Crippen molar-refractivity contribution in [2.24, 2.45) is 0 Å². The van der Waals surface area contributed by atoms with E-state index < -0.39 is 0 Å². The molecule has 5 heteroatoms. The van der Waals surface area contributed by atoms with Crippen molar-refractivity contribution >= 4 is 22.6 Å². The second-order valence-electron chi connectivity index (χ2n) is 8.74. The number of amides is 1. The summed E-state index contributed by atoms with van der Waals surface area (Å²) in [6.45, 7) is 5.27. The molecule has 5 nitrogen and oxygen atoms in total. The number of fused-ring (bicyclic) bond motifs is 1. The van der Waals surface area contributed by atoms with Gasteiger partial charge in [0.2, 0.25) is 5.91 Å². The Morgan fingerprint density at radius 2 is 1.75 bits per heavy atom. The zero-order valence-corrected chi connectivity index (χ0v) is 19.2. The number of nitrogens with zero attached hydrogens (tertiary/aromatic N) is 2. The lowest BCUT2D eigenvalue weighted by molar-refractivity contribution is -0.132. The number of carbonyl (C=O) groups excluding carboxylic acids is 1. The molecule has 2 aromatic carbocycles. The molecule has 2 aromatic heterocycles. The van der Waals surface area contributed by atoms with Gasteiger partial charge in [0.15, 0.2) is 0 Å². The molecule has 166 valence electrons. The molecular weight excluding hydrogens is 400 g/mol. The van der Waals surface area contributed by atoms with Gasteiger partial charge in [-0.1, -0.05) is 32.0 Å². The fourth-order valence-corrected chi connectivity index (χ4v) is 3.81. The summed E-state index contributed by atoms with van der Waals surface area (Å²) in [4.78, 5) is 17.3. The molecule has 0 aliphatic heterocycles. The molecule has 1 amide bonds. The van der Waals surface area contributed by atoms with E-state index in [0.29, 0.717) is 19.0 Å². The lowest BCUT2D eigenvalue weighted by atomic mass is 10.00. The van der Waals surface area contributed by atoms with Crippen LogP contribution in [0.25, 0.3) is 11.0 Å². The minimum absolute atomic E-state index is 0.0377. The molecule has 0 saturated carbocycles. The lowest BCUT2D eigenvalue weighted by Gasteiger charge is -2.22. The fraction of sp³-hybridized carbons (Fsp3) is 0.296. The summed E-state index contributed by atoms with van der Waals surface area (Å²) in [5.74, 6) is 1.22. The van der Waals surface area contributed by atoms with E-state index in [0.717, 1.165) is 33.5 Å². The van der Waals surface area contributed by atoms with E-state index in [4.69, 9.17) is 8.83 Å². The van der Waals surface area contributed by atoms with Gasteiger partial charge in [-0.15, -0.1) is 0 Å². The largest absolute Gasteiger partial charge is 0.467 e. The predicted molar refractivity (Wildman–Crippen MR) is 128 cm³/mol. The van der Waals surface area contributed by atoms with Crippen LogP contribution in [0.5, 0.6) is 0 Å². The SMILES string of the molecule is CC(C)c1ccc2occ(CC(=O)N(Cc3ccc(N(C)C)cc3)Cc3ccco3)c2c1. The van der Waals surface area contributed by atoms with Crippen molar-refractivity contribution in [3.05, 3.63) is 89.6 Å². The summed E-state index contributed by atoms with van der Waals surface area (Å²) in [7, 11) is 4.03. The topological polar surface area (TPSA) is 49.8 Å². The number of hydrogen-bond donors (Lipinski definition) is 0. The van der Waals surface area contributed by atoms with Crippen molar-refractivity contribution in [2.45, 2.75) is 39.3 Å². The van der Waals surface area contributed by atoms with Crippen LogP contribution in [-0.2, 0) is 24.3 Å². The summed E-state index contributed by atoms with van der Waals surface area (Å²) in [5, 5.41) is 1.01. The number of furan rings is 2. The molecule has 0 fully saturated rings. The summed E-state index contributed by atoms with van der Waals surface area (Å²) < 4.78 is 11.3. The van der Waals surface area contributed by atoms with Crippen molar-refractivity contribution < 1.29 is 13.6 Å². The average Bonchev–Trinajstić information content (AvgIpc) is 3.43. The highest BCUT2D eigenvalue weighted by Crippen LogP contribution is 2.27. The van der Waals surface area contributed by atoms with Crippen LogP contribution in [-0.4, -0.2) is 24.9 Å². The molecule has 0 aliphatic rings. The number of rotatable bonds is 8. The maximum atomic E-state index is 13.4. The lowest BCUT2D eigenvalue weighted by Crippen LogP contribution is -2.31. The van der Waals surface area contributed by atoms with Crippen molar-refractivity contribution in [1.82, 2.24) is 4.90 Å². The molecule has 0 radical (unpaired) electrons. The first-order chi connectivity index (χ1) is 15.4. The van der Waals surface area contributed by atoms with E-state index in [1.54, 1.807) is 12.5 Å². The number of benzene rings is 2. The van der Waals surface area contributed by atoms with Crippen LogP contribution in [0, 0.1) is 0 Å². The highest BCUT2D eigenvalue weighted by Gasteiger charge is 2.19.